The van der Waals surface area contributed by atoms with Crippen molar-refractivity contribution in [3.8, 4) is 5.69 Å². The van der Waals surface area contributed by atoms with Crippen molar-refractivity contribution < 1.29 is 31.8 Å². The number of nitrogens with zero attached hydrogens (tertiary/aromatic N) is 3. The third-order valence-electron chi connectivity index (χ3n) is 3.60. The van der Waals surface area contributed by atoms with Crippen molar-refractivity contribution in [1.82, 2.24) is 9.78 Å². The van der Waals surface area contributed by atoms with E-state index in [1.807, 2.05) is 0 Å². The first-order chi connectivity index (χ1) is 12.2. The van der Waals surface area contributed by atoms with Crippen LogP contribution in [0, 0.1) is 11.0 Å². The van der Waals surface area contributed by atoms with Crippen LogP contribution in [0.25, 0.3) is 16.5 Å². The number of benzene rings is 1. The molecule has 0 amide bonds. The van der Waals surface area contributed by atoms with Gasteiger partial charge in [0.2, 0.25) is 6.20 Å². The highest BCUT2D eigenvalue weighted by molar-refractivity contribution is 5.92. The van der Waals surface area contributed by atoms with Gasteiger partial charge in [0.25, 0.3) is 0 Å². The molecular weight excluding hydrogens is 358 g/mol. The maximum absolute atomic E-state index is 14.0. The normalized spacial score (nSPS) is 11.7. The summed E-state index contributed by atoms with van der Waals surface area (Å²) < 4.78 is 59.9. The van der Waals surface area contributed by atoms with Gasteiger partial charge >= 0.3 is 12.1 Å². The average Bonchev–Trinajstić information content (AvgIpc) is 3.00. The molecule has 0 spiro atoms. The highest BCUT2D eigenvalue weighted by Gasteiger charge is 2.41. The first kappa shape index (κ1) is 17.6. The fourth-order valence-electron chi connectivity index (χ4n) is 2.58. The summed E-state index contributed by atoms with van der Waals surface area (Å²) in [5.41, 5.74) is -2.53. The quantitative estimate of drug-likeness (QED) is 0.308. The summed E-state index contributed by atoms with van der Waals surface area (Å²) in [6, 6.07) is 3.71. The van der Waals surface area contributed by atoms with Gasteiger partial charge in [-0.1, -0.05) is 12.1 Å². The SMILES string of the molecule is CCOC(=O)c1cnn(-c2c[n+]([O-])cc3c(F)cccc23)c1C(F)(F)F. The predicted molar refractivity (Wildman–Crippen MR) is 80.9 cm³/mol. The Bertz CT molecular complexity index is 998. The second-order valence-electron chi connectivity index (χ2n) is 5.24. The molecule has 2 aromatic heterocycles. The molecule has 0 aliphatic heterocycles. The minimum atomic E-state index is -4.97. The van der Waals surface area contributed by atoms with Gasteiger partial charge in [0.15, 0.2) is 11.9 Å². The van der Waals surface area contributed by atoms with E-state index in [2.05, 4.69) is 9.84 Å². The summed E-state index contributed by atoms with van der Waals surface area (Å²) in [4.78, 5) is 11.8. The van der Waals surface area contributed by atoms with Crippen LogP contribution in [0.1, 0.15) is 23.0 Å². The lowest BCUT2D eigenvalue weighted by atomic mass is 10.1. The number of rotatable bonds is 3. The second kappa shape index (κ2) is 6.28. The molecular formula is C16H11F4N3O3. The van der Waals surface area contributed by atoms with Gasteiger partial charge in [-0.05, 0) is 13.0 Å². The van der Waals surface area contributed by atoms with Gasteiger partial charge < -0.3 is 9.94 Å². The molecule has 0 radical (unpaired) electrons. The molecule has 0 fully saturated rings. The Morgan fingerprint density at radius 3 is 2.69 bits per heavy atom. The van der Waals surface area contributed by atoms with Gasteiger partial charge in [0, 0.05) is 5.39 Å². The van der Waals surface area contributed by atoms with Gasteiger partial charge in [0.1, 0.15) is 17.1 Å². The molecule has 0 unspecified atom stereocenters. The van der Waals surface area contributed by atoms with Gasteiger partial charge in [-0.15, -0.1) is 0 Å². The molecule has 0 aliphatic carbocycles. The lowest BCUT2D eigenvalue weighted by molar-refractivity contribution is -0.603. The molecule has 136 valence electrons. The summed E-state index contributed by atoms with van der Waals surface area (Å²) in [6.07, 6.45) is -2.55. The van der Waals surface area contributed by atoms with E-state index in [-0.39, 0.29) is 27.8 Å². The van der Waals surface area contributed by atoms with Crippen LogP contribution < -0.4 is 4.73 Å². The minimum Gasteiger partial charge on any atom is -0.619 e. The molecule has 3 aromatic rings. The van der Waals surface area contributed by atoms with Crippen molar-refractivity contribution in [1.29, 1.82) is 0 Å². The van der Waals surface area contributed by atoms with Gasteiger partial charge in [-0.2, -0.15) is 23.0 Å². The van der Waals surface area contributed by atoms with Crippen molar-refractivity contribution in [2.45, 2.75) is 13.1 Å². The molecule has 0 saturated heterocycles. The van der Waals surface area contributed by atoms with Crippen molar-refractivity contribution >= 4 is 16.7 Å². The Labute approximate surface area is 143 Å². The third-order valence-corrected chi connectivity index (χ3v) is 3.60. The topological polar surface area (TPSA) is 71.1 Å². The maximum atomic E-state index is 14.0. The second-order valence-corrected chi connectivity index (χ2v) is 5.24. The monoisotopic (exact) mass is 369 g/mol. The minimum absolute atomic E-state index is 0.0288. The fraction of sp³-hybridized carbons (Fsp3) is 0.188. The summed E-state index contributed by atoms with van der Waals surface area (Å²) >= 11 is 0. The number of aromatic nitrogens is 3. The van der Waals surface area contributed by atoms with Gasteiger partial charge in [-0.25, -0.2) is 13.9 Å². The molecule has 10 heteroatoms. The number of hydrogen-bond donors (Lipinski definition) is 0. The summed E-state index contributed by atoms with van der Waals surface area (Å²) in [7, 11) is 0. The van der Waals surface area contributed by atoms with Crippen LogP contribution in [0.2, 0.25) is 0 Å². The zero-order valence-corrected chi connectivity index (χ0v) is 13.2. The molecule has 0 N–H and O–H groups in total. The van der Waals surface area contributed by atoms with E-state index in [0.717, 1.165) is 18.5 Å². The van der Waals surface area contributed by atoms with E-state index >= 15 is 0 Å². The average molecular weight is 369 g/mol. The number of hydrogen-bond acceptors (Lipinski definition) is 4. The van der Waals surface area contributed by atoms with E-state index < -0.39 is 29.2 Å². The Kier molecular flexibility index (Phi) is 4.26. The van der Waals surface area contributed by atoms with Crippen LogP contribution in [-0.2, 0) is 10.9 Å². The predicted octanol–water partition coefficient (Wildman–Crippen LogP) is 2.99. The first-order valence-corrected chi connectivity index (χ1v) is 7.37. The van der Waals surface area contributed by atoms with Crippen LogP contribution in [-0.4, -0.2) is 22.4 Å². The van der Waals surface area contributed by atoms with E-state index in [4.69, 9.17) is 0 Å². The van der Waals surface area contributed by atoms with Crippen LogP contribution in [0.3, 0.4) is 0 Å². The lowest BCUT2D eigenvalue weighted by Crippen LogP contribution is -2.27. The highest BCUT2D eigenvalue weighted by atomic mass is 19.4. The molecule has 3 rings (SSSR count). The van der Waals surface area contributed by atoms with E-state index in [1.54, 1.807) is 0 Å². The molecule has 26 heavy (non-hydrogen) atoms. The van der Waals surface area contributed by atoms with Crippen molar-refractivity contribution in [2.24, 2.45) is 0 Å². The number of alkyl halides is 3. The Hall–Kier alpha value is -3.17. The zero-order chi connectivity index (χ0) is 19.1. The molecule has 0 saturated carbocycles. The van der Waals surface area contributed by atoms with E-state index in [1.165, 1.54) is 19.1 Å². The highest BCUT2D eigenvalue weighted by Crippen LogP contribution is 2.35. The molecule has 0 atom stereocenters. The zero-order valence-electron chi connectivity index (χ0n) is 13.2. The first-order valence-electron chi connectivity index (χ1n) is 7.37. The summed E-state index contributed by atoms with van der Waals surface area (Å²) in [5.74, 6) is -1.98. The van der Waals surface area contributed by atoms with E-state index in [9.17, 15) is 27.6 Å². The maximum Gasteiger partial charge on any atom is 0.434 e. The van der Waals surface area contributed by atoms with Crippen molar-refractivity contribution in [3.05, 3.63) is 59.1 Å². The number of carbonyl (C=O) groups is 1. The number of halogens is 4. The fourth-order valence-corrected chi connectivity index (χ4v) is 2.58. The molecule has 0 bridgehead atoms. The number of pyridine rings is 1. The molecule has 6 nitrogen and oxygen atoms in total. The number of ether oxygens (including phenoxy) is 1. The standard InChI is InChI=1S/C16H11F4N3O3/c1-2-26-15(24)10-6-21-23(14(10)16(18,19)20)13-8-22(25)7-11-9(13)4-3-5-12(11)17/h3-8H,2H2,1H3. The van der Waals surface area contributed by atoms with Crippen molar-refractivity contribution in [2.75, 3.05) is 6.61 Å². The number of esters is 1. The van der Waals surface area contributed by atoms with Crippen LogP contribution >= 0.6 is 0 Å². The van der Waals surface area contributed by atoms with Gasteiger partial charge in [-0.3, -0.25) is 0 Å². The molecule has 1 aromatic carbocycles. The van der Waals surface area contributed by atoms with Crippen LogP contribution in [0.15, 0.2) is 36.8 Å². The van der Waals surface area contributed by atoms with Crippen LogP contribution in [0.5, 0.6) is 0 Å². The van der Waals surface area contributed by atoms with E-state index in [0.29, 0.717) is 10.9 Å². The Morgan fingerprint density at radius 2 is 2.04 bits per heavy atom. The summed E-state index contributed by atoms with van der Waals surface area (Å²) in [5, 5.41) is 15.2. The molecule has 2 heterocycles. The third kappa shape index (κ3) is 2.93. The Morgan fingerprint density at radius 1 is 1.31 bits per heavy atom. The van der Waals surface area contributed by atoms with Gasteiger partial charge in [0.05, 0.1) is 18.2 Å². The Balaban J connectivity index is 2.34. The smallest absolute Gasteiger partial charge is 0.434 e. The molecule has 0 aliphatic rings. The number of fused-ring (bicyclic) bond motifs is 1. The largest absolute Gasteiger partial charge is 0.619 e. The van der Waals surface area contributed by atoms with Crippen LogP contribution in [0.4, 0.5) is 17.6 Å². The number of carbonyl (C=O) groups excluding carboxylic acids is 1. The van der Waals surface area contributed by atoms with Crippen molar-refractivity contribution in [3.63, 3.8) is 0 Å². The lowest BCUT2D eigenvalue weighted by Gasteiger charge is -2.13. The summed E-state index contributed by atoms with van der Waals surface area (Å²) in [6.45, 7) is 1.32.